The predicted octanol–water partition coefficient (Wildman–Crippen LogP) is 6.95. The van der Waals surface area contributed by atoms with E-state index in [0.717, 1.165) is 5.56 Å². The number of anilines is 2. The van der Waals surface area contributed by atoms with Crippen LogP contribution in [-0.4, -0.2) is 48.9 Å². The van der Waals surface area contributed by atoms with E-state index in [-0.39, 0.29) is 25.3 Å². The Labute approximate surface area is 271 Å². The Morgan fingerprint density at radius 3 is 1.89 bits per heavy atom. The van der Waals surface area contributed by atoms with Crippen molar-refractivity contribution in [1.29, 1.82) is 0 Å². The van der Waals surface area contributed by atoms with Gasteiger partial charge in [0.25, 0.3) is 0 Å². The standard InChI is InChI=1S/C34H33Cl2N3O6/c1-2-44-21-22-45-33(42)30(23-24-9-5-3-6-10-24)37-34(43)39(29-19-15-27(36)16-20-29)38(28-17-13-26(35)14-18-28)31(32(40)41)25-11-7-4-8-12-25/h3-20,30-31H,2,21-23H2,1H3,(H,37,43)(H,40,41)/t30-,31?/m0/s1. The van der Waals surface area contributed by atoms with Crippen LogP contribution in [0.1, 0.15) is 24.1 Å². The molecule has 45 heavy (non-hydrogen) atoms. The fourth-order valence-electron chi connectivity index (χ4n) is 4.62. The summed E-state index contributed by atoms with van der Waals surface area (Å²) in [6, 6.07) is 27.2. The number of esters is 1. The average molecular weight is 651 g/mol. The molecule has 0 saturated carbocycles. The summed E-state index contributed by atoms with van der Waals surface area (Å²) < 4.78 is 10.7. The van der Waals surface area contributed by atoms with Crippen molar-refractivity contribution in [2.24, 2.45) is 0 Å². The number of hydrogen-bond acceptors (Lipinski definition) is 6. The number of halogens is 2. The van der Waals surface area contributed by atoms with Gasteiger partial charge in [-0.15, -0.1) is 0 Å². The Morgan fingerprint density at radius 2 is 1.33 bits per heavy atom. The molecule has 11 heteroatoms. The third kappa shape index (κ3) is 9.21. The molecular weight excluding hydrogens is 617 g/mol. The third-order valence-corrected chi connectivity index (χ3v) is 7.21. The minimum atomic E-state index is -1.38. The molecule has 9 nitrogen and oxygen atoms in total. The number of hydrogen-bond donors (Lipinski definition) is 2. The normalized spacial score (nSPS) is 12.1. The molecule has 0 spiro atoms. The van der Waals surface area contributed by atoms with Crippen LogP contribution < -0.4 is 15.3 Å². The fraction of sp³-hybridized carbons (Fsp3) is 0.206. The van der Waals surface area contributed by atoms with Gasteiger partial charge in [-0.25, -0.2) is 19.4 Å². The van der Waals surface area contributed by atoms with Gasteiger partial charge in [0, 0.05) is 23.1 Å². The van der Waals surface area contributed by atoms with Crippen molar-refractivity contribution in [2.75, 3.05) is 29.8 Å². The highest BCUT2D eigenvalue weighted by Crippen LogP contribution is 2.34. The number of carboxylic acid groups (broad SMARTS) is 1. The fourth-order valence-corrected chi connectivity index (χ4v) is 4.87. The summed E-state index contributed by atoms with van der Waals surface area (Å²) in [4.78, 5) is 40.8. The van der Waals surface area contributed by atoms with Gasteiger partial charge in [-0.3, -0.25) is 5.01 Å². The number of nitrogens with one attached hydrogen (secondary N) is 1. The summed E-state index contributed by atoms with van der Waals surface area (Å²) in [6.07, 6.45) is 0.122. The van der Waals surface area contributed by atoms with Crippen LogP contribution in [0.25, 0.3) is 0 Å². The highest BCUT2D eigenvalue weighted by atomic mass is 35.5. The minimum absolute atomic E-state index is 0.000722. The van der Waals surface area contributed by atoms with Crippen molar-refractivity contribution < 1.29 is 29.0 Å². The van der Waals surface area contributed by atoms with Gasteiger partial charge in [0.1, 0.15) is 12.6 Å². The Morgan fingerprint density at radius 1 is 0.778 bits per heavy atom. The van der Waals surface area contributed by atoms with E-state index < -0.39 is 30.1 Å². The maximum absolute atomic E-state index is 14.4. The van der Waals surface area contributed by atoms with Gasteiger partial charge in [0.15, 0.2) is 6.04 Å². The quantitative estimate of drug-likeness (QED) is 0.0864. The second-order valence-corrected chi connectivity index (χ2v) is 10.7. The van der Waals surface area contributed by atoms with Crippen LogP contribution >= 0.6 is 23.2 Å². The molecule has 0 aliphatic carbocycles. The molecule has 0 aliphatic heterocycles. The van der Waals surface area contributed by atoms with Gasteiger partial charge in [-0.05, 0) is 66.6 Å². The summed E-state index contributed by atoms with van der Waals surface area (Å²) in [7, 11) is 0. The third-order valence-electron chi connectivity index (χ3n) is 6.70. The summed E-state index contributed by atoms with van der Waals surface area (Å²) in [5.41, 5.74) is 1.82. The zero-order valence-corrected chi connectivity index (χ0v) is 26.0. The Kier molecular flexibility index (Phi) is 12.2. The van der Waals surface area contributed by atoms with Gasteiger partial charge >= 0.3 is 18.0 Å². The van der Waals surface area contributed by atoms with E-state index in [1.165, 1.54) is 10.0 Å². The van der Waals surface area contributed by atoms with E-state index in [9.17, 15) is 19.5 Å². The number of benzene rings is 4. The molecule has 0 bridgehead atoms. The molecule has 2 N–H and O–H groups in total. The number of carboxylic acids is 1. The number of carbonyl (C=O) groups excluding carboxylic acids is 2. The maximum atomic E-state index is 14.4. The van der Waals surface area contributed by atoms with Crippen LogP contribution in [0.15, 0.2) is 109 Å². The lowest BCUT2D eigenvalue weighted by molar-refractivity contribution is -0.147. The van der Waals surface area contributed by atoms with E-state index in [1.807, 2.05) is 37.3 Å². The monoisotopic (exact) mass is 649 g/mol. The number of amides is 2. The molecule has 4 aromatic rings. The lowest BCUT2D eigenvalue weighted by Crippen LogP contribution is -2.58. The Hall–Kier alpha value is -4.57. The summed E-state index contributed by atoms with van der Waals surface area (Å²) in [6.45, 7) is 2.50. The summed E-state index contributed by atoms with van der Waals surface area (Å²) in [5.74, 6) is -1.89. The molecule has 1 unspecified atom stereocenters. The van der Waals surface area contributed by atoms with E-state index in [4.69, 9.17) is 32.7 Å². The molecule has 2 atom stereocenters. The van der Waals surface area contributed by atoms with E-state index in [1.54, 1.807) is 78.9 Å². The number of nitrogens with zero attached hydrogens (tertiary/aromatic N) is 2. The molecule has 0 heterocycles. The first-order chi connectivity index (χ1) is 21.8. The van der Waals surface area contributed by atoms with E-state index in [2.05, 4.69) is 5.32 Å². The van der Waals surface area contributed by atoms with Gasteiger partial charge < -0.3 is 19.9 Å². The number of carbonyl (C=O) groups is 3. The SMILES string of the molecule is CCOCCOC(=O)[C@H](Cc1ccccc1)NC(=O)N(c1ccc(Cl)cc1)N(c1ccc(Cl)cc1)C(C(=O)O)c1ccccc1. The van der Waals surface area contributed by atoms with Crippen molar-refractivity contribution >= 4 is 52.5 Å². The molecule has 0 fully saturated rings. The van der Waals surface area contributed by atoms with Crippen LogP contribution in [-0.2, 0) is 25.5 Å². The summed E-state index contributed by atoms with van der Waals surface area (Å²) >= 11 is 12.4. The van der Waals surface area contributed by atoms with Crippen molar-refractivity contribution in [2.45, 2.75) is 25.4 Å². The van der Waals surface area contributed by atoms with Crippen LogP contribution in [0.3, 0.4) is 0 Å². The van der Waals surface area contributed by atoms with Crippen molar-refractivity contribution in [1.82, 2.24) is 5.32 Å². The molecule has 0 aromatic heterocycles. The van der Waals surface area contributed by atoms with Crippen LogP contribution in [0.4, 0.5) is 16.2 Å². The van der Waals surface area contributed by atoms with E-state index >= 15 is 0 Å². The molecule has 234 valence electrons. The predicted molar refractivity (Wildman–Crippen MR) is 175 cm³/mol. The van der Waals surface area contributed by atoms with Crippen LogP contribution in [0.5, 0.6) is 0 Å². The second-order valence-electron chi connectivity index (χ2n) is 9.82. The van der Waals surface area contributed by atoms with E-state index in [0.29, 0.717) is 27.9 Å². The first-order valence-corrected chi connectivity index (χ1v) is 15.0. The molecule has 0 radical (unpaired) electrons. The maximum Gasteiger partial charge on any atom is 0.341 e. The first kappa shape index (κ1) is 33.3. The number of aliphatic carboxylic acids is 1. The highest BCUT2D eigenvalue weighted by molar-refractivity contribution is 6.31. The number of ether oxygens (including phenoxy) is 2. The van der Waals surface area contributed by atoms with Gasteiger partial charge in [-0.2, -0.15) is 0 Å². The molecule has 0 aliphatic rings. The van der Waals surface area contributed by atoms with Crippen LogP contribution in [0.2, 0.25) is 10.0 Å². The lowest BCUT2D eigenvalue weighted by Gasteiger charge is -2.40. The van der Waals surface area contributed by atoms with Crippen LogP contribution in [0, 0.1) is 0 Å². The van der Waals surface area contributed by atoms with Gasteiger partial charge in [0.05, 0.1) is 18.0 Å². The van der Waals surface area contributed by atoms with Gasteiger partial charge in [0.2, 0.25) is 0 Å². The molecular formula is C34H33Cl2N3O6. The zero-order valence-electron chi connectivity index (χ0n) is 24.5. The molecule has 2 amide bonds. The largest absolute Gasteiger partial charge is 0.479 e. The highest BCUT2D eigenvalue weighted by Gasteiger charge is 2.37. The molecule has 4 rings (SSSR count). The van der Waals surface area contributed by atoms with Crippen molar-refractivity contribution in [3.63, 3.8) is 0 Å². The lowest BCUT2D eigenvalue weighted by atomic mass is 10.1. The number of urea groups is 1. The molecule has 0 saturated heterocycles. The summed E-state index contributed by atoms with van der Waals surface area (Å²) in [5, 5.41) is 16.8. The van der Waals surface area contributed by atoms with Gasteiger partial charge in [-0.1, -0.05) is 83.9 Å². The second kappa shape index (κ2) is 16.5. The Balaban J connectivity index is 1.81. The Bertz CT molecular complexity index is 1540. The molecule has 4 aromatic carbocycles. The zero-order chi connectivity index (χ0) is 32.2. The smallest absolute Gasteiger partial charge is 0.341 e. The van der Waals surface area contributed by atoms with Crippen molar-refractivity contribution in [3.8, 4) is 0 Å². The number of hydrazine groups is 1. The minimum Gasteiger partial charge on any atom is -0.479 e. The van der Waals surface area contributed by atoms with Crippen molar-refractivity contribution in [3.05, 3.63) is 130 Å². The number of rotatable bonds is 14. The first-order valence-electron chi connectivity index (χ1n) is 14.3. The average Bonchev–Trinajstić information content (AvgIpc) is 3.04. The topological polar surface area (TPSA) is 108 Å².